The van der Waals surface area contributed by atoms with Crippen LogP contribution >= 0.6 is 0 Å². The smallest absolute Gasteiger partial charge is 0.330 e. The van der Waals surface area contributed by atoms with E-state index >= 15 is 0 Å². The Bertz CT molecular complexity index is 418. The van der Waals surface area contributed by atoms with Crippen LogP contribution in [-0.4, -0.2) is 12.5 Å². The molecular formula is C12H15F3N2O. The van der Waals surface area contributed by atoms with Crippen molar-refractivity contribution in [3.8, 4) is 0 Å². The number of benzene rings is 1. The molecule has 1 amide bonds. The number of hydrogen-bond donors (Lipinski definition) is 2. The SMILES string of the molecule is CC(CCN)C(=O)Nc1cccc(C(F)(F)F)c1. The summed E-state index contributed by atoms with van der Waals surface area (Å²) in [7, 11) is 0. The van der Waals surface area contributed by atoms with Crippen LogP contribution in [0.1, 0.15) is 18.9 Å². The van der Waals surface area contributed by atoms with Crippen LogP contribution in [0.5, 0.6) is 0 Å². The van der Waals surface area contributed by atoms with Gasteiger partial charge in [-0.3, -0.25) is 4.79 Å². The van der Waals surface area contributed by atoms with E-state index < -0.39 is 11.7 Å². The summed E-state index contributed by atoms with van der Waals surface area (Å²) >= 11 is 0. The minimum absolute atomic E-state index is 0.138. The molecule has 0 spiro atoms. The molecule has 0 bridgehead atoms. The first-order valence-electron chi connectivity index (χ1n) is 5.52. The third-order valence-corrected chi connectivity index (χ3v) is 2.50. The van der Waals surface area contributed by atoms with Gasteiger partial charge in [0, 0.05) is 11.6 Å². The van der Waals surface area contributed by atoms with Crippen molar-refractivity contribution in [1.82, 2.24) is 0 Å². The second-order valence-corrected chi connectivity index (χ2v) is 4.05. The highest BCUT2D eigenvalue weighted by molar-refractivity contribution is 5.92. The summed E-state index contributed by atoms with van der Waals surface area (Å²) in [5.41, 5.74) is 4.67. The van der Waals surface area contributed by atoms with E-state index in [0.29, 0.717) is 13.0 Å². The van der Waals surface area contributed by atoms with E-state index in [4.69, 9.17) is 5.73 Å². The van der Waals surface area contributed by atoms with E-state index in [2.05, 4.69) is 5.32 Å². The lowest BCUT2D eigenvalue weighted by molar-refractivity contribution is -0.137. The van der Waals surface area contributed by atoms with Crippen LogP contribution in [0.4, 0.5) is 18.9 Å². The number of carbonyl (C=O) groups is 1. The monoisotopic (exact) mass is 260 g/mol. The van der Waals surface area contributed by atoms with E-state index in [0.717, 1.165) is 12.1 Å². The van der Waals surface area contributed by atoms with E-state index in [1.165, 1.54) is 12.1 Å². The Hall–Kier alpha value is -1.56. The molecular weight excluding hydrogens is 245 g/mol. The fourth-order valence-corrected chi connectivity index (χ4v) is 1.42. The summed E-state index contributed by atoms with van der Waals surface area (Å²) in [4.78, 5) is 11.6. The normalized spacial score (nSPS) is 13.2. The fraction of sp³-hybridized carbons (Fsp3) is 0.417. The van der Waals surface area contributed by atoms with E-state index in [-0.39, 0.29) is 17.5 Å². The molecule has 1 aromatic carbocycles. The van der Waals surface area contributed by atoms with Gasteiger partial charge in [-0.2, -0.15) is 13.2 Å². The van der Waals surface area contributed by atoms with Crippen molar-refractivity contribution in [2.24, 2.45) is 11.7 Å². The lowest BCUT2D eigenvalue weighted by Crippen LogP contribution is -2.22. The fourth-order valence-electron chi connectivity index (χ4n) is 1.42. The van der Waals surface area contributed by atoms with Crippen molar-refractivity contribution in [3.63, 3.8) is 0 Å². The molecule has 1 atom stereocenters. The highest BCUT2D eigenvalue weighted by atomic mass is 19.4. The van der Waals surface area contributed by atoms with Gasteiger partial charge in [-0.05, 0) is 31.2 Å². The molecule has 0 saturated carbocycles. The number of alkyl halides is 3. The minimum atomic E-state index is -4.41. The first-order chi connectivity index (χ1) is 8.34. The molecule has 3 nitrogen and oxygen atoms in total. The lowest BCUT2D eigenvalue weighted by Gasteiger charge is -2.13. The summed E-state index contributed by atoms with van der Waals surface area (Å²) < 4.78 is 37.4. The van der Waals surface area contributed by atoms with Gasteiger partial charge in [-0.1, -0.05) is 13.0 Å². The summed E-state index contributed by atoms with van der Waals surface area (Å²) in [6.45, 7) is 2.03. The molecule has 100 valence electrons. The third-order valence-electron chi connectivity index (χ3n) is 2.50. The third kappa shape index (κ3) is 4.03. The first kappa shape index (κ1) is 14.5. The van der Waals surface area contributed by atoms with Crippen molar-refractivity contribution in [2.45, 2.75) is 19.5 Å². The Morgan fingerprint density at radius 2 is 2.11 bits per heavy atom. The number of carbonyl (C=O) groups excluding carboxylic acids is 1. The number of nitrogens with two attached hydrogens (primary N) is 1. The van der Waals surface area contributed by atoms with Gasteiger partial charge in [0.2, 0.25) is 5.91 Å². The molecule has 0 heterocycles. The largest absolute Gasteiger partial charge is 0.416 e. The van der Waals surface area contributed by atoms with E-state index in [9.17, 15) is 18.0 Å². The van der Waals surface area contributed by atoms with Gasteiger partial charge >= 0.3 is 6.18 Å². The number of anilines is 1. The second-order valence-electron chi connectivity index (χ2n) is 4.05. The van der Waals surface area contributed by atoms with Crippen LogP contribution in [-0.2, 0) is 11.0 Å². The summed E-state index contributed by atoms with van der Waals surface area (Å²) in [6, 6.07) is 4.54. The molecule has 0 fully saturated rings. The second kappa shape index (κ2) is 5.86. The van der Waals surface area contributed by atoms with Crippen molar-refractivity contribution < 1.29 is 18.0 Å². The summed E-state index contributed by atoms with van der Waals surface area (Å²) in [5, 5.41) is 2.44. The molecule has 3 N–H and O–H groups in total. The molecule has 0 aromatic heterocycles. The molecule has 0 aliphatic carbocycles. The first-order valence-corrected chi connectivity index (χ1v) is 5.52. The van der Waals surface area contributed by atoms with Crippen molar-refractivity contribution in [3.05, 3.63) is 29.8 Å². The van der Waals surface area contributed by atoms with Crippen LogP contribution in [0.3, 0.4) is 0 Å². The Kier molecular flexibility index (Phi) is 4.72. The number of rotatable bonds is 4. The van der Waals surface area contributed by atoms with E-state index in [1.54, 1.807) is 6.92 Å². The van der Waals surface area contributed by atoms with Crippen LogP contribution in [0.15, 0.2) is 24.3 Å². The molecule has 0 aliphatic heterocycles. The number of hydrogen-bond acceptors (Lipinski definition) is 2. The van der Waals surface area contributed by atoms with Gasteiger partial charge in [0.05, 0.1) is 5.56 Å². The molecule has 0 aliphatic rings. The van der Waals surface area contributed by atoms with Gasteiger partial charge in [0.1, 0.15) is 0 Å². The molecule has 1 aromatic rings. The molecule has 1 unspecified atom stereocenters. The maximum atomic E-state index is 12.5. The Labute approximate surface area is 103 Å². The van der Waals surface area contributed by atoms with Crippen molar-refractivity contribution >= 4 is 11.6 Å². The van der Waals surface area contributed by atoms with Gasteiger partial charge in [-0.25, -0.2) is 0 Å². The van der Waals surface area contributed by atoms with Crippen molar-refractivity contribution in [2.75, 3.05) is 11.9 Å². The quantitative estimate of drug-likeness (QED) is 0.874. The zero-order chi connectivity index (χ0) is 13.8. The predicted octanol–water partition coefficient (Wildman–Crippen LogP) is 2.63. The average Bonchev–Trinajstić information content (AvgIpc) is 2.28. The molecule has 18 heavy (non-hydrogen) atoms. The summed E-state index contributed by atoms with van der Waals surface area (Å²) in [6.07, 6.45) is -3.92. The Morgan fingerprint density at radius 1 is 1.44 bits per heavy atom. The number of nitrogens with one attached hydrogen (secondary N) is 1. The van der Waals surface area contributed by atoms with Gasteiger partial charge in [0.15, 0.2) is 0 Å². The van der Waals surface area contributed by atoms with Crippen molar-refractivity contribution in [1.29, 1.82) is 0 Å². The standard InChI is InChI=1S/C12H15F3N2O/c1-8(5-6-16)11(18)17-10-4-2-3-9(7-10)12(13,14)15/h2-4,7-8H,5-6,16H2,1H3,(H,17,18). The highest BCUT2D eigenvalue weighted by Crippen LogP contribution is 2.30. The Balaban J connectivity index is 2.77. The van der Waals surface area contributed by atoms with E-state index in [1.807, 2.05) is 0 Å². The zero-order valence-electron chi connectivity index (χ0n) is 9.92. The number of amides is 1. The molecule has 0 radical (unpaired) electrons. The molecule has 0 saturated heterocycles. The molecule has 1 rings (SSSR count). The van der Waals surface area contributed by atoms with Crippen LogP contribution < -0.4 is 11.1 Å². The van der Waals surface area contributed by atoms with Crippen LogP contribution in [0.25, 0.3) is 0 Å². The maximum Gasteiger partial charge on any atom is 0.416 e. The zero-order valence-corrected chi connectivity index (χ0v) is 9.92. The average molecular weight is 260 g/mol. The number of halogens is 3. The van der Waals surface area contributed by atoms with Crippen LogP contribution in [0.2, 0.25) is 0 Å². The minimum Gasteiger partial charge on any atom is -0.330 e. The van der Waals surface area contributed by atoms with Gasteiger partial charge < -0.3 is 11.1 Å². The van der Waals surface area contributed by atoms with Gasteiger partial charge in [0.25, 0.3) is 0 Å². The van der Waals surface area contributed by atoms with Crippen LogP contribution in [0, 0.1) is 5.92 Å². The topological polar surface area (TPSA) is 55.1 Å². The molecule has 6 heteroatoms. The highest BCUT2D eigenvalue weighted by Gasteiger charge is 2.30. The lowest BCUT2D eigenvalue weighted by atomic mass is 10.1. The Morgan fingerprint density at radius 3 is 2.67 bits per heavy atom. The summed E-state index contributed by atoms with van der Waals surface area (Å²) in [5.74, 6) is -0.663. The predicted molar refractivity (Wildman–Crippen MR) is 62.9 cm³/mol. The van der Waals surface area contributed by atoms with Gasteiger partial charge in [-0.15, -0.1) is 0 Å². The maximum absolute atomic E-state index is 12.5.